The Labute approximate surface area is 129 Å². The molecule has 2 N–H and O–H groups in total. The summed E-state index contributed by atoms with van der Waals surface area (Å²) in [5.41, 5.74) is 7.14. The number of benzene rings is 2. The highest BCUT2D eigenvalue weighted by Crippen LogP contribution is 2.18. The Balaban J connectivity index is 1.81. The first-order valence-electron chi connectivity index (χ1n) is 6.90. The minimum absolute atomic E-state index is 0.167. The van der Waals surface area contributed by atoms with Crippen molar-refractivity contribution in [3.63, 3.8) is 0 Å². The SMILES string of the molecule is Cc1ccc(C)c(OCC(=O)NNC(=O)c2ccccc2)c1. The lowest BCUT2D eigenvalue weighted by Gasteiger charge is -2.11. The number of rotatable bonds is 4. The van der Waals surface area contributed by atoms with Crippen molar-refractivity contribution in [2.45, 2.75) is 13.8 Å². The molecule has 0 unspecified atom stereocenters. The van der Waals surface area contributed by atoms with Crippen LogP contribution in [0, 0.1) is 13.8 Å². The van der Waals surface area contributed by atoms with Crippen LogP contribution in [0.3, 0.4) is 0 Å². The number of aryl methyl sites for hydroxylation is 2. The molecule has 0 aromatic heterocycles. The average Bonchev–Trinajstić information content (AvgIpc) is 2.54. The van der Waals surface area contributed by atoms with Crippen molar-refractivity contribution in [3.05, 3.63) is 65.2 Å². The van der Waals surface area contributed by atoms with Gasteiger partial charge >= 0.3 is 0 Å². The van der Waals surface area contributed by atoms with E-state index in [9.17, 15) is 9.59 Å². The third kappa shape index (κ3) is 4.34. The van der Waals surface area contributed by atoms with Crippen LogP contribution in [0.2, 0.25) is 0 Å². The first-order chi connectivity index (χ1) is 10.6. The molecular weight excluding hydrogens is 280 g/mol. The number of hydrazine groups is 1. The molecule has 5 heteroatoms. The van der Waals surface area contributed by atoms with Gasteiger partial charge in [-0.1, -0.05) is 30.3 Å². The van der Waals surface area contributed by atoms with Crippen molar-refractivity contribution in [1.82, 2.24) is 10.9 Å². The summed E-state index contributed by atoms with van der Waals surface area (Å²) in [6.45, 7) is 3.69. The van der Waals surface area contributed by atoms with Gasteiger partial charge in [0.15, 0.2) is 6.61 Å². The van der Waals surface area contributed by atoms with Crippen molar-refractivity contribution >= 4 is 11.8 Å². The van der Waals surface area contributed by atoms with Gasteiger partial charge in [-0.3, -0.25) is 20.4 Å². The maximum Gasteiger partial charge on any atom is 0.276 e. The van der Waals surface area contributed by atoms with Gasteiger partial charge in [-0.2, -0.15) is 0 Å². The van der Waals surface area contributed by atoms with E-state index in [2.05, 4.69) is 10.9 Å². The van der Waals surface area contributed by atoms with Gasteiger partial charge in [0.25, 0.3) is 11.8 Å². The Kier molecular flexibility index (Phi) is 5.14. The third-order valence-corrected chi connectivity index (χ3v) is 3.05. The second-order valence-corrected chi connectivity index (χ2v) is 4.93. The average molecular weight is 298 g/mol. The Bertz CT molecular complexity index is 669. The molecule has 2 rings (SSSR count). The number of nitrogens with one attached hydrogen (secondary N) is 2. The summed E-state index contributed by atoms with van der Waals surface area (Å²) < 4.78 is 5.45. The topological polar surface area (TPSA) is 67.4 Å². The van der Waals surface area contributed by atoms with Gasteiger partial charge in [0.05, 0.1) is 0 Å². The van der Waals surface area contributed by atoms with Gasteiger partial charge < -0.3 is 4.74 Å². The van der Waals surface area contributed by atoms with Gasteiger partial charge in [-0.25, -0.2) is 0 Å². The monoisotopic (exact) mass is 298 g/mol. The largest absolute Gasteiger partial charge is 0.483 e. The molecular formula is C17H18N2O3. The Hall–Kier alpha value is -2.82. The minimum Gasteiger partial charge on any atom is -0.483 e. The van der Waals surface area contributed by atoms with E-state index in [1.165, 1.54) is 0 Å². The number of carbonyl (C=O) groups excluding carboxylic acids is 2. The zero-order valence-corrected chi connectivity index (χ0v) is 12.6. The van der Waals surface area contributed by atoms with Crippen molar-refractivity contribution in [3.8, 4) is 5.75 Å². The van der Waals surface area contributed by atoms with E-state index < -0.39 is 5.91 Å². The Morgan fingerprint density at radius 1 is 1.00 bits per heavy atom. The lowest BCUT2D eigenvalue weighted by Crippen LogP contribution is -2.43. The molecule has 0 atom stereocenters. The van der Waals surface area contributed by atoms with Crippen LogP contribution < -0.4 is 15.6 Å². The normalized spacial score (nSPS) is 9.91. The van der Waals surface area contributed by atoms with E-state index in [1.807, 2.05) is 38.1 Å². The molecule has 2 aromatic carbocycles. The molecule has 0 saturated heterocycles. The highest BCUT2D eigenvalue weighted by atomic mass is 16.5. The Morgan fingerprint density at radius 3 is 2.45 bits per heavy atom. The second kappa shape index (κ2) is 7.26. The van der Waals surface area contributed by atoms with Gasteiger partial charge in [-0.05, 0) is 43.2 Å². The van der Waals surface area contributed by atoms with E-state index >= 15 is 0 Å². The van der Waals surface area contributed by atoms with Gasteiger partial charge in [0, 0.05) is 5.56 Å². The molecule has 0 aliphatic rings. The molecule has 2 amide bonds. The molecule has 114 valence electrons. The zero-order chi connectivity index (χ0) is 15.9. The summed E-state index contributed by atoms with van der Waals surface area (Å²) in [5, 5.41) is 0. The summed E-state index contributed by atoms with van der Waals surface area (Å²) in [6.07, 6.45) is 0. The van der Waals surface area contributed by atoms with Crippen LogP contribution in [0.25, 0.3) is 0 Å². The van der Waals surface area contributed by atoms with E-state index in [-0.39, 0.29) is 12.5 Å². The van der Waals surface area contributed by atoms with Crippen LogP contribution >= 0.6 is 0 Å². The number of amides is 2. The predicted molar refractivity (Wildman–Crippen MR) is 83.5 cm³/mol. The van der Waals surface area contributed by atoms with Gasteiger partial charge in [0.2, 0.25) is 0 Å². The summed E-state index contributed by atoms with van der Waals surface area (Å²) in [7, 11) is 0. The summed E-state index contributed by atoms with van der Waals surface area (Å²) in [6, 6.07) is 14.4. The molecule has 0 aliphatic carbocycles. The molecule has 0 radical (unpaired) electrons. The van der Waals surface area contributed by atoms with Gasteiger partial charge in [0.1, 0.15) is 5.75 Å². The molecule has 0 spiro atoms. The smallest absolute Gasteiger partial charge is 0.276 e. The van der Waals surface area contributed by atoms with Crippen LogP contribution in [0.4, 0.5) is 0 Å². The van der Waals surface area contributed by atoms with Crippen LogP contribution in [-0.2, 0) is 4.79 Å². The fourth-order valence-electron chi connectivity index (χ4n) is 1.83. The number of hydrogen-bond acceptors (Lipinski definition) is 3. The molecule has 0 heterocycles. The molecule has 0 aliphatic heterocycles. The van der Waals surface area contributed by atoms with Crippen molar-refractivity contribution in [2.24, 2.45) is 0 Å². The summed E-state index contributed by atoms with van der Waals surface area (Å²) in [5.74, 6) is -0.143. The van der Waals surface area contributed by atoms with Crippen molar-refractivity contribution in [2.75, 3.05) is 6.61 Å². The molecule has 2 aromatic rings. The standard InChI is InChI=1S/C17H18N2O3/c1-12-8-9-13(2)15(10-12)22-11-16(20)18-19-17(21)14-6-4-3-5-7-14/h3-10H,11H2,1-2H3,(H,18,20)(H,19,21). The van der Waals surface area contributed by atoms with E-state index in [1.54, 1.807) is 24.3 Å². The van der Waals surface area contributed by atoms with Crippen LogP contribution in [0.5, 0.6) is 5.75 Å². The third-order valence-electron chi connectivity index (χ3n) is 3.05. The summed E-state index contributed by atoms with van der Waals surface area (Å²) >= 11 is 0. The molecule has 22 heavy (non-hydrogen) atoms. The molecule has 0 bridgehead atoms. The first-order valence-corrected chi connectivity index (χ1v) is 6.90. The van der Waals surface area contributed by atoms with Crippen LogP contribution in [0.1, 0.15) is 21.5 Å². The van der Waals surface area contributed by atoms with Crippen LogP contribution in [-0.4, -0.2) is 18.4 Å². The van der Waals surface area contributed by atoms with Gasteiger partial charge in [-0.15, -0.1) is 0 Å². The van der Waals surface area contributed by atoms with Crippen LogP contribution in [0.15, 0.2) is 48.5 Å². The zero-order valence-electron chi connectivity index (χ0n) is 12.6. The number of carbonyl (C=O) groups is 2. The molecule has 0 saturated carbocycles. The number of hydrogen-bond donors (Lipinski definition) is 2. The van der Waals surface area contributed by atoms with E-state index in [4.69, 9.17) is 4.74 Å². The second-order valence-electron chi connectivity index (χ2n) is 4.93. The summed E-state index contributed by atoms with van der Waals surface area (Å²) in [4.78, 5) is 23.5. The maximum atomic E-state index is 11.8. The number of ether oxygens (including phenoxy) is 1. The fraction of sp³-hybridized carbons (Fsp3) is 0.176. The van der Waals surface area contributed by atoms with E-state index in [0.29, 0.717) is 11.3 Å². The minimum atomic E-state index is -0.426. The highest BCUT2D eigenvalue weighted by Gasteiger charge is 2.08. The lowest BCUT2D eigenvalue weighted by atomic mass is 10.1. The maximum absolute atomic E-state index is 11.8. The fourth-order valence-corrected chi connectivity index (χ4v) is 1.83. The highest BCUT2D eigenvalue weighted by molar-refractivity contribution is 5.95. The Morgan fingerprint density at radius 2 is 1.73 bits per heavy atom. The van der Waals surface area contributed by atoms with Crippen molar-refractivity contribution in [1.29, 1.82) is 0 Å². The van der Waals surface area contributed by atoms with E-state index in [0.717, 1.165) is 11.1 Å². The predicted octanol–water partition coefficient (Wildman–Crippen LogP) is 2.14. The lowest BCUT2D eigenvalue weighted by molar-refractivity contribution is -0.123. The quantitative estimate of drug-likeness (QED) is 0.850. The molecule has 5 nitrogen and oxygen atoms in total. The molecule has 0 fully saturated rings. The van der Waals surface area contributed by atoms with Crippen molar-refractivity contribution < 1.29 is 14.3 Å². The first kappa shape index (κ1) is 15.6.